The summed E-state index contributed by atoms with van der Waals surface area (Å²) in [5.41, 5.74) is 6.72. The number of amides is 2. The summed E-state index contributed by atoms with van der Waals surface area (Å²) in [6.07, 6.45) is 5.78. The second-order valence-electron chi connectivity index (χ2n) is 7.69. The lowest BCUT2D eigenvalue weighted by atomic mass is 9.81. The summed E-state index contributed by atoms with van der Waals surface area (Å²) in [6.45, 7) is 7.67. The smallest absolute Gasteiger partial charge is 0.271 e. The fourth-order valence-electron chi connectivity index (χ4n) is 3.93. The van der Waals surface area contributed by atoms with Crippen LogP contribution in [0, 0.1) is 12.8 Å². The Kier molecular flexibility index (Phi) is 6.71. The molecule has 9 heteroatoms. The molecule has 1 aliphatic rings. The molecule has 1 fully saturated rings. The van der Waals surface area contributed by atoms with Crippen LogP contribution >= 0.6 is 11.3 Å². The van der Waals surface area contributed by atoms with E-state index in [4.69, 9.17) is 5.73 Å². The average Bonchev–Trinajstić information content (AvgIpc) is 3.13. The van der Waals surface area contributed by atoms with Crippen LogP contribution in [0.15, 0.2) is 30.3 Å². The Morgan fingerprint density at radius 2 is 2.17 bits per heavy atom. The lowest BCUT2D eigenvalue weighted by Crippen LogP contribution is -2.51. The number of aromatic nitrogens is 2. The van der Waals surface area contributed by atoms with Gasteiger partial charge in [0.15, 0.2) is 11.5 Å². The molecule has 1 saturated carbocycles. The summed E-state index contributed by atoms with van der Waals surface area (Å²) in [6, 6.07) is 2.21. The van der Waals surface area contributed by atoms with Crippen LogP contribution in [0.5, 0.6) is 0 Å². The standard InChI is InChI=1S/C21H28N6O2S/c1-5-17(28)24-14-7-6-8-15(13(14)3)27(4)16-10-23-19(20(22)29)21(25-16)26-18-9-12(2)11-30-18/h5,9-11,13-15H,1,6-8H2,2-4H3,(H2,22,29)(H,24,28)(H,25,26)/t13-,14?,15+/m0/s1. The second kappa shape index (κ2) is 9.25. The molecule has 0 spiro atoms. The number of carbonyl (C=O) groups excluding carboxylic acids is 2. The maximum Gasteiger partial charge on any atom is 0.271 e. The number of primary amides is 1. The number of nitrogens with one attached hydrogen (secondary N) is 2. The van der Waals surface area contributed by atoms with Gasteiger partial charge in [-0.05, 0) is 55.2 Å². The van der Waals surface area contributed by atoms with E-state index in [9.17, 15) is 9.59 Å². The van der Waals surface area contributed by atoms with Crippen molar-refractivity contribution in [1.29, 1.82) is 0 Å². The highest BCUT2D eigenvalue weighted by molar-refractivity contribution is 7.14. The van der Waals surface area contributed by atoms with E-state index >= 15 is 0 Å². The van der Waals surface area contributed by atoms with Crippen LogP contribution in [-0.4, -0.2) is 40.9 Å². The summed E-state index contributed by atoms with van der Waals surface area (Å²) in [7, 11) is 1.96. The first-order chi connectivity index (χ1) is 14.3. The zero-order valence-corrected chi connectivity index (χ0v) is 18.3. The third-order valence-electron chi connectivity index (χ3n) is 5.59. The predicted octanol–water partition coefficient (Wildman–Crippen LogP) is 2.98. The number of hydrogen-bond acceptors (Lipinski definition) is 7. The Labute approximate surface area is 180 Å². The Bertz CT molecular complexity index is 943. The molecule has 3 rings (SSSR count). The minimum absolute atomic E-state index is 0.0706. The van der Waals surface area contributed by atoms with Crippen LogP contribution in [0.4, 0.5) is 16.6 Å². The van der Waals surface area contributed by atoms with Gasteiger partial charge in [0.2, 0.25) is 5.91 Å². The molecular formula is C21H28N6O2S. The maximum absolute atomic E-state index is 11.8. The van der Waals surface area contributed by atoms with Gasteiger partial charge in [-0.15, -0.1) is 11.3 Å². The molecule has 1 aliphatic carbocycles. The maximum atomic E-state index is 11.8. The number of carbonyl (C=O) groups is 2. The molecule has 0 radical (unpaired) electrons. The van der Waals surface area contributed by atoms with Crippen molar-refractivity contribution in [2.75, 3.05) is 17.3 Å². The quantitative estimate of drug-likeness (QED) is 0.584. The van der Waals surface area contributed by atoms with E-state index in [0.29, 0.717) is 11.6 Å². The van der Waals surface area contributed by atoms with Gasteiger partial charge < -0.3 is 21.3 Å². The molecule has 0 aromatic carbocycles. The van der Waals surface area contributed by atoms with E-state index in [1.807, 2.05) is 25.4 Å². The van der Waals surface area contributed by atoms with Gasteiger partial charge in [-0.25, -0.2) is 9.97 Å². The van der Waals surface area contributed by atoms with Crippen molar-refractivity contribution in [3.8, 4) is 0 Å². The van der Waals surface area contributed by atoms with Gasteiger partial charge in [-0.2, -0.15) is 0 Å². The Morgan fingerprint density at radius 3 is 2.80 bits per heavy atom. The zero-order valence-electron chi connectivity index (χ0n) is 17.5. The Balaban J connectivity index is 1.85. The molecule has 2 amide bonds. The lowest BCUT2D eigenvalue weighted by Gasteiger charge is -2.41. The molecule has 0 aliphatic heterocycles. The van der Waals surface area contributed by atoms with Crippen molar-refractivity contribution in [3.05, 3.63) is 41.6 Å². The zero-order chi connectivity index (χ0) is 21.8. The topological polar surface area (TPSA) is 113 Å². The molecule has 160 valence electrons. The fourth-order valence-corrected chi connectivity index (χ4v) is 4.72. The van der Waals surface area contributed by atoms with E-state index in [2.05, 4.69) is 39.0 Å². The fraction of sp³-hybridized carbons (Fsp3) is 0.429. The van der Waals surface area contributed by atoms with Gasteiger partial charge in [-0.1, -0.05) is 13.5 Å². The van der Waals surface area contributed by atoms with Crippen molar-refractivity contribution in [2.45, 2.75) is 45.2 Å². The number of rotatable bonds is 7. The lowest BCUT2D eigenvalue weighted by molar-refractivity contribution is -0.117. The number of anilines is 3. The number of thiophene rings is 1. The van der Waals surface area contributed by atoms with Crippen LogP contribution in [0.25, 0.3) is 0 Å². The third kappa shape index (κ3) is 4.79. The molecular weight excluding hydrogens is 400 g/mol. The average molecular weight is 429 g/mol. The molecule has 3 atom stereocenters. The third-order valence-corrected chi connectivity index (χ3v) is 6.56. The van der Waals surface area contributed by atoms with E-state index in [1.54, 1.807) is 6.20 Å². The molecule has 2 heterocycles. The highest BCUT2D eigenvalue weighted by Gasteiger charge is 2.34. The minimum Gasteiger partial charge on any atom is -0.364 e. The Morgan fingerprint density at radius 1 is 1.40 bits per heavy atom. The van der Waals surface area contributed by atoms with Gasteiger partial charge in [0.1, 0.15) is 5.82 Å². The molecule has 1 unspecified atom stereocenters. The predicted molar refractivity (Wildman–Crippen MR) is 120 cm³/mol. The van der Waals surface area contributed by atoms with Gasteiger partial charge in [-0.3, -0.25) is 9.59 Å². The number of nitrogens with two attached hydrogens (primary N) is 1. The summed E-state index contributed by atoms with van der Waals surface area (Å²) >= 11 is 1.52. The highest BCUT2D eigenvalue weighted by atomic mass is 32.1. The van der Waals surface area contributed by atoms with Crippen molar-refractivity contribution < 1.29 is 9.59 Å². The molecule has 0 saturated heterocycles. The van der Waals surface area contributed by atoms with Crippen LogP contribution in [0.3, 0.4) is 0 Å². The number of nitrogens with zero attached hydrogens (tertiary/aromatic N) is 3. The normalized spacial score (nSPS) is 21.0. The summed E-state index contributed by atoms with van der Waals surface area (Å²) in [4.78, 5) is 34.6. The molecule has 2 aromatic rings. The van der Waals surface area contributed by atoms with Gasteiger partial charge in [0.05, 0.1) is 11.2 Å². The van der Waals surface area contributed by atoms with Crippen LogP contribution in [0.2, 0.25) is 0 Å². The van der Waals surface area contributed by atoms with Crippen LogP contribution in [-0.2, 0) is 4.79 Å². The van der Waals surface area contributed by atoms with E-state index in [0.717, 1.165) is 29.8 Å². The SMILES string of the molecule is C=CC(=O)NC1CCC[C@@H](N(C)c2cnc(C(N)=O)c(Nc3cc(C)cs3)n2)[C@H]1C. The largest absolute Gasteiger partial charge is 0.364 e. The monoisotopic (exact) mass is 428 g/mol. The first kappa shape index (κ1) is 21.8. The molecule has 0 bridgehead atoms. The molecule has 2 aromatic heterocycles. The van der Waals surface area contributed by atoms with Crippen LogP contribution < -0.4 is 21.3 Å². The van der Waals surface area contributed by atoms with E-state index < -0.39 is 5.91 Å². The van der Waals surface area contributed by atoms with Crippen molar-refractivity contribution in [1.82, 2.24) is 15.3 Å². The van der Waals surface area contributed by atoms with E-state index in [1.165, 1.54) is 17.4 Å². The second-order valence-corrected chi connectivity index (χ2v) is 8.60. The molecule has 30 heavy (non-hydrogen) atoms. The van der Waals surface area contributed by atoms with Gasteiger partial charge >= 0.3 is 0 Å². The summed E-state index contributed by atoms with van der Waals surface area (Å²) < 4.78 is 0. The Hall–Kier alpha value is -2.94. The van der Waals surface area contributed by atoms with Gasteiger partial charge in [0.25, 0.3) is 5.91 Å². The van der Waals surface area contributed by atoms with Gasteiger partial charge in [0, 0.05) is 19.1 Å². The first-order valence-electron chi connectivity index (χ1n) is 9.95. The van der Waals surface area contributed by atoms with Crippen molar-refractivity contribution >= 4 is 39.8 Å². The minimum atomic E-state index is -0.634. The molecule has 8 nitrogen and oxygen atoms in total. The summed E-state index contributed by atoms with van der Waals surface area (Å²) in [5.74, 6) is 0.405. The van der Waals surface area contributed by atoms with Crippen molar-refractivity contribution in [3.63, 3.8) is 0 Å². The summed E-state index contributed by atoms with van der Waals surface area (Å²) in [5, 5.41) is 9.08. The first-order valence-corrected chi connectivity index (χ1v) is 10.8. The van der Waals surface area contributed by atoms with E-state index in [-0.39, 0.29) is 29.6 Å². The molecule has 4 N–H and O–H groups in total. The highest BCUT2D eigenvalue weighted by Crippen LogP contribution is 2.32. The number of aryl methyl sites for hydroxylation is 1. The number of hydrogen-bond donors (Lipinski definition) is 3. The van der Waals surface area contributed by atoms with Crippen LogP contribution in [0.1, 0.15) is 42.2 Å². The van der Waals surface area contributed by atoms with Crippen molar-refractivity contribution in [2.24, 2.45) is 11.7 Å².